The van der Waals surface area contributed by atoms with E-state index in [0.717, 1.165) is 30.4 Å². The highest BCUT2D eigenvalue weighted by atomic mass is 16.6. The first-order valence-electron chi connectivity index (χ1n) is 14.2. The molecule has 40 heavy (non-hydrogen) atoms. The molecule has 4 N–H and O–H groups in total. The molecular formula is C29H42N4O7. The molecule has 0 saturated heterocycles. The Morgan fingerprint density at radius 1 is 0.950 bits per heavy atom. The summed E-state index contributed by atoms with van der Waals surface area (Å²) in [6, 6.07) is 3.58. The van der Waals surface area contributed by atoms with Crippen LogP contribution in [0.5, 0.6) is 0 Å². The molecule has 0 aromatic heterocycles. The van der Waals surface area contributed by atoms with Crippen LogP contribution in [-0.2, 0) is 16.1 Å². The number of hydrogen-bond acceptors (Lipinski definition) is 9. The molecule has 0 radical (unpaired) electrons. The largest absolute Gasteiger partial charge is 0.457 e. The highest BCUT2D eigenvalue weighted by Crippen LogP contribution is 2.25. The maximum atomic E-state index is 12.6. The summed E-state index contributed by atoms with van der Waals surface area (Å²) in [4.78, 5) is 47.6. The third-order valence-electron chi connectivity index (χ3n) is 7.29. The van der Waals surface area contributed by atoms with Crippen LogP contribution in [0.2, 0.25) is 0 Å². The Bertz CT molecular complexity index is 1350. The molecule has 0 spiro atoms. The number of aromatic amines is 1. The first-order valence-corrected chi connectivity index (χ1v) is 14.2. The zero-order valence-electron chi connectivity index (χ0n) is 23.7. The summed E-state index contributed by atoms with van der Waals surface area (Å²) < 4.78 is 6.90. The summed E-state index contributed by atoms with van der Waals surface area (Å²) in [6.07, 6.45) is 5.44. The van der Waals surface area contributed by atoms with Gasteiger partial charge in [0.2, 0.25) is 0 Å². The van der Waals surface area contributed by atoms with E-state index in [1.54, 1.807) is 12.1 Å². The summed E-state index contributed by atoms with van der Waals surface area (Å²) in [6.45, 7) is 4.94. The fourth-order valence-electron chi connectivity index (χ4n) is 4.83. The number of esters is 1. The van der Waals surface area contributed by atoms with Crippen LogP contribution in [0.1, 0.15) is 82.3 Å². The number of fused-ring (bicyclic) bond motifs is 2. The van der Waals surface area contributed by atoms with Crippen molar-refractivity contribution >= 4 is 17.0 Å². The second-order valence-electron chi connectivity index (χ2n) is 10.5. The topological polar surface area (TPSA) is 168 Å². The van der Waals surface area contributed by atoms with Crippen molar-refractivity contribution in [3.63, 3.8) is 0 Å². The maximum Gasteiger partial charge on any atom is 0.349 e. The van der Waals surface area contributed by atoms with E-state index in [1.807, 2.05) is 13.8 Å². The Labute approximate surface area is 233 Å². The van der Waals surface area contributed by atoms with E-state index in [0.29, 0.717) is 17.5 Å². The molecular weight excluding hydrogens is 516 g/mol. The molecule has 11 heteroatoms. The lowest BCUT2D eigenvalue weighted by molar-refractivity contribution is -0.168. The third-order valence-corrected chi connectivity index (χ3v) is 7.29. The summed E-state index contributed by atoms with van der Waals surface area (Å²) >= 11 is 0. The standard InChI is InChI=1S/C29H42N4O7/c1-4-5-6-7-8-9-10-11-12-13-24(37)40-26(23(36)17-34)22(35)16-33-21-15-19(3)18(2)14-20(21)30-25-27(33)31-29(39)32-28(25)38/h14-15,22-23,26,34-36H,4-13,16-17H2,1-3H3,(H,32,38,39). The van der Waals surface area contributed by atoms with Crippen molar-refractivity contribution in [1.82, 2.24) is 19.5 Å². The lowest BCUT2D eigenvalue weighted by Crippen LogP contribution is -2.45. The SMILES string of the molecule is CCCCCCCCCCCC(=O)OC(C(O)CO)C(O)Cn1c2nc(=O)[nH]c(=O)c-2nc2cc(C)c(C)cc21. The van der Waals surface area contributed by atoms with Gasteiger partial charge in [-0.1, -0.05) is 58.3 Å². The van der Waals surface area contributed by atoms with Gasteiger partial charge in [0.1, 0.15) is 12.2 Å². The lowest BCUT2D eigenvalue weighted by Gasteiger charge is -2.28. The smallest absolute Gasteiger partial charge is 0.349 e. The number of aromatic nitrogens is 4. The van der Waals surface area contributed by atoms with Crippen LogP contribution in [-0.4, -0.2) is 65.7 Å². The number of hydrogen-bond donors (Lipinski definition) is 4. The van der Waals surface area contributed by atoms with E-state index >= 15 is 0 Å². The van der Waals surface area contributed by atoms with Crippen LogP contribution in [0, 0.1) is 13.8 Å². The first-order chi connectivity index (χ1) is 19.2. The van der Waals surface area contributed by atoms with Crippen LogP contribution < -0.4 is 11.2 Å². The van der Waals surface area contributed by atoms with Crippen molar-refractivity contribution in [2.75, 3.05) is 6.61 Å². The Balaban J connectivity index is 1.75. The second-order valence-corrected chi connectivity index (χ2v) is 10.5. The molecule has 11 nitrogen and oxygen atoms in total. The van der Waals surface area contributed by atoms with Crippen molar-refractivity contribution < 1.29 is 24.9 Å². The van der Waals surface area contributed by atoms with Crippen LogP contribution in [0.25, 0.3) is 22.6 Å². The van der Waals surface area contributed by atoms with Gasteiger partial charge in [-0.25, -0.2) is 9.78 Å². The molecule has 3 atom stereocenters. The first kappa shape index (κ1) is 31.4. The Hall–Kier alpha value is -3.15. The number of rotatable bonds is 16. The van der Waals surface area contributed by atoms with Gasteiger partial charge in [0, 0.05) is 6.42 Å². The summed E-state index contributed by atoms with van der Waals surface area (Å²) in [5.74, 6) is -0.640. The number of unbranched alkanes of at least 4 members (excludes halogenated alkanes) is 8. The van der Waals surface area contributed by atoms with Crippen molar-refractivity contribution in [2.45, 2.75) is 110 Å². The van der Waals surface area contributed by atoms with Gasteiger partial charge in [-0.15, -0.1) is 0 Å². The Kier molecular flexibility index (Phi) is 11.8. The number of aryl methyl sites for hydroxylation is 2. The quantitative estimate of drug-likeness (QED) is 0.117. The normalized spacial score (nSPS) is 13.9. The number of nitrogens with zero attached hydrogens (tertiary/aromatic N) is 3. The summed E-state index contributed by atoms with van der Waals surface area (Å²) in [5, 5.41) is 31.2. The minimum atomic E-state index is -1.54. The van der Waals surface area contributed by atoms with Gasteiger partial charge in [-0.3, -0.25) is 14.6 Å². The van der Waals surface area contributed by atoms with E-state index in [9.17, 15) is 29.7 Å². The molecule has 3 rings (SSSR count). The van der Waals surface area contributed by atoms with E-state index < -0.39 is 42.1 Å². The van der Waals surface area contributed by atoms with Gasteiger partial charge in [0.25, 0.3) is 5.56 Å². The van der Waals surface area contributed by atoms with Gasteiger partial charge in [-0.2, -0.15) is 4.98 Å². The van der Waals surface area contributed by atoms with Gasteiger partial charge < -0.3 is 24.6 Å². The fraction of sp³-hybridized carbons (Fsp3) is 0.621. The predicted molar refractivity (Wildman–Crippen MR) is 151 cm³/mol. The zero-order valence-corrected chi connectivity index (χ0v) is 23.7. The molecule has 0 amide bonds. The average molecular weight is 559 g/mol. The average Bonchev–Trinajstić information content (AvgIpc) is 2.91. The van der Waals surface area contributed by atoms with Gasteiger partial charge >= 0.3 is 11.7 Å². The molecule has 2 heterocycles. The van der Waals surface area contributed by atoms with E-state index in [4.69, 9.17) is 4.74 Å². The molecule has 0 aliphatic carbocycles. The summed E-state index contributed by atoms with van der Waals surface area (Å²) in [5.41, 5.74) is 1.08. The monoisotopic (exact) mass is 558 g/mol. The van der Waals surface area contributed by atoms with Crippen LogP contribution >= 0.6 is 0 Å². The number of H-pyrrole nitrogens is 1. The molecule has 0 saturated carbocycles. The molecule has 3 unspecified atom stereocenters. The van der Waals surface area contributed by atoms with Gasteiger partial charge in [0.05, 0.1) is 24.2 Å². The number of benzene rings is 1. The number of aliphatic hydroxyl groups excluding tert-OH is 3. The molecule has 0 bridgehead atoms. The number of nitrogens with one attached hydrogen (secondary N) is 1. The number of carbonyl (C=O) groups excluding carboxylic acids is 1. The minimum Gasteiger partial charge on any atom is -0.457 e. The Morgan fingerprint density at radius 2 is 1.57 bits per heavy atom. The molecule has 0 fully saturated rings. The lowest BCUT2D eigenvalue weighted by atomic mass is 10.1. The highest BCUT2D eigenvalue weighted by molar-refractivity contribution is 5.81. The van der Waals surface area contributed by atoms with E-state index in [-0.39, 0.29) is 24.5 Å². The second kappa shape index (κ2) is 15.0. The van der Waals surface area contributed by atoms with Crippen molar-refractivity contribution in [1.29, 1.82) is 0 Å². The zero-order chi connectivity index (χ0) is 29.2. The predicted octanol–water partition coefficient (Wildman–Crippen LogP) is 2.75. The molecule has 1 aromatic carbocycles. The van der Waals surface area contributed by atoms with Gasteiger partial charge in [-0.05, 0) is 43.5 Å². The van der Waals surface area contributed by atoms with E-state index in [1.165, 1.54) is 36.7 Å². The molecule has 220 valence electrons. The van der Waals surface area contributed by atoms with Crippen LogP contribution in [0.15, 0.2) is 21.7 Å². The highest BCUT2D eigenvalue weighted by Gasteiger charge is 2.32. The maximum absolute atomic E-state index is 12.6. The fourth-order valence-corrected chi connectivity index (χ4v) is 4.83. The Morgan fingerprint density at radius 3 is 2.23 bits per heavy atom. The van der Waals surface area contributed by atoms with Crippen LogP contribution in [0.4, 0.5) is 0 Å². The number of aliphatic hydroxyl groups is 3. The van der Waals surface area contributed by atoms with Crippen molar-refractivity contribution in [2.24, 2.45) is 0 Å². The third kappa shape index (κ3) is 8.18. The molecule has 2 aliphatic heterocycles. The number of ether oxygens (including phenoxy) is 1. The minimum absolute atomic E-state index is 0.0539. The summed E-state index contributed by atoms with van der Waals surface area (Å²) in [7, 11) is 0. The van der Waals surface area contributed by atoms with Crippen molar-refractivity contribution in [3.8, 4) is 11.5 Å². The molecule has 1 aromatic rings. The van der Waals surface area contributed by atoms with Crippen LogP contribution in [0.3, 0.4) is 0 Å². The van der Waals surface area contributed by atoms with E-state index in [2.05, 4.69) is 21.9 Å². The number of carbonyl (C=O) groups is 1. The van der Waals surface area contributed by atoms with Gasteiger partial charge in [0.15, 0.2) is 17.6 Å². The van der Waals surface area contributed by atoms with Crippen molar-refractivity contribution in [3.05, 3.63) is 44.1 Å². The molecule has 2 aliphatic rings.